The van der Waals surface area contributed by atoms with E-state index >= 15 is 0 Å². The highest BCUT2D eigenvalue weighted by molar-refractivity contribution is 4.86. The normalized spacial score (nSPS) is 21.6. The van der Waals surface area contributed by atoms with E-state index in [0.29, 0.717) is 5.89 Å². The van der Waals surface area contributed by atoms with Gasteiger partial charge in [0.2, 0.25) is 5.89 Å². The van der Waals surface area contributed by atoms with Crippen LogP contribution in [0.25, 0.3) is 0 Å². The van der Waals surface area contributed by atoms with Crippen molar-refractivity contribution in [1.82, 2.24) is 15.0 Å². The SMILES string of the molecule is CC(c1ncno1)N1CCOCC1. The van der Waals surface area contributed by atoms with Gasteiger partial charge >= 0.3 is 0 Å². The molecule has 13 heavy (non-hydrogen) atoms. The molecule has 1 aromatic rings. The Bertz CT molecular complexity index is 244. The Labute approximate surface area is 76.7 Å². The maximum absolute atomic E-state index is 5.26. The van der Waals surface area contributed by atoms with E-state index in [1.807, 2.05) is 0 Å². The molecule has 0 N–H and O–H groups in total. The maximum Gasteiger partial charge on any atom is 0.243 e. The predicted octanol–water partition coefficient (Wildman–Crippen LogP) is 0.463. The van der Waals surface area contributed by atoms with Crippen molar-refractivity contribution < 1.29 is 9.26 Å². The first-order chi connectivity index (χ1) is 6.38. The molecule has 0 aliphatic carbocycles. The number of aromatic nitrogens is 2. The smallest absolute Gasteiger partial charge is 0.243 e. The van der Waals surface area contributed by atoms with Crippen molar-refractivity contribution in [2.75, 3.05) is 26.3 Å². The van der Waals surface area contributed by atoms with Crippen LogP contribution in [0, 0.1) is 0 Å². The topological polar surface area (TPSA) is 51.4 Å². The van der Waals surface area contributed by atoms with Crippen LogP contribution in [-0.2, 0) is 4.74 Å². The van der Waals surface area contributed by atoms with Crippen molar-refractivity contribution >= 4 is 0 Å². The van der Waals surface area contributed by atoms with E-state index in [2.05, 4.69) is 22.0 Å². The molecule has 72 valence electrons. The molecule has 0 saturated carbocycles. The number of nitrogens with zero attached hydrogens (tertiary/aromatic N) is 3. The van der Waals surface area contributed by atoms with Gasteiger partial charge in [-0.15, -0.1) is 0 Å². The highest BCUT2D eigenvalue weighted by Crippen LogP contribution is 2.17. The van der Waals surface area contributed by atoms with Gasteiger partial charge in [0.05, 0.1) is 19.3 Å². The van der Waals surface area contributed by atoms with Crippen LogP contribution in [-0.4, -0.2) is 41.3 Å². The van der Waals surface area contributed by atoms with Gasteiger partial charge in [-0.05, 0) is 6.92 Å². The van der Waals surface area contributed by atoms with Crippen LogP contribution in [0.1, 0.15) is 18.9 Å². The lowest BCUT2D eigenvalue weighted by molar-refractivity contribution is 0.0134. The van der Waals surface area contributed by atoms with E-state index in [4.69, 9.17) is 9.26 Å². The molecule has 0 amide bonds. The molecule has 1 unspecified atom stereocenters. The van der Waals surface area contributed by atoms with E-state index in [1.165, 1.54) is 6.33 Å². The van der Waals surface area contributed by atoms with Crippen molar-refractivity contribution in [3.8, 4) is 0 Å². The van der Waals surface area contributed by atoms with Crippen molar-refractivity contribution in [3.05, 3.63) is 12.2 Å². The summed E-state index contributed by atoms with van der Waals surface area (Å²) in [7, 11) is 0. The van der Waals surface area contributed by atoms with Crippen molar-refractivity contribution in [3.63, 3.8) is 0 Å². The lowest BCUT2D eigenvalue weighted by Gasteiger charge is -2.29. The fourth-order valence-electron chi connectivity index (χ4n) is 1.49. The zero-order valence-corrected chi connectivity index (χ0v) is 7.64. The first-order valence-corrected chi connectivity index (χ1v) is 4.46. The van der Waals surface area contributed by atoms with E-state index in [1.54, 1.807) is 0 Å². The Morgan fingerprint density at radius 1 is 1.46 bits per heavy atom. The van der Waals surface area contributed by atoms with Crippen LogP contribution in [0.5, 0.6) is 0 Å². The summed E-state index contributed by atoms with van der Waals surface area (Å²) < 4.78 is 10.3. The van der Waals surface area contributed by atoms with Crippen molar-refractivity contribution in [1.29, 1.82) is 0 Å². The van der Waals surface area contributed by atoms with Gasteiger partial charge in [0.25, 0.3) is 0 Å². The highest BCUT2D eigenvalue weighted by Gasteiger charge is 2.21. The van der Waals surface area contributed by atoms with Gasteiger partial charge in [0.1, 0.15) is 0 Å². The van der Waals surface area contributed by atoms with Crippen molar-refractivity contribution in [2.24, 2.45) is 0 Å². The van der Waals surface area contributed by atoms with E-state index in [9.17, 15) is 0 Å². The van der Waals surface area contributed by atoms with E-state index in [-0.39, 0.29) is 6.04 Å². The summed E-state index contributed by atoms with van der Waals surface area (Å²) in [5.74, 6) is 0.682. The molecule has 1 aliphatic heterocycles. The van der Waals surface area contributed by atoms with Gasteiger partial charge in [-0.1, -0.05) is 5.16 Å². The lowest BCUT2D eigenvalue weighted by Crippen LogP contribution is -2.38. The fourth-order valence-corrected chi connectivity index (χ4v) is 1.49. The molecule has 1 atom stereocenters. The largest absolute Gasteiger partial charge is 0.379 e. The second kappa shape index (κ2) is 3.85. The summed E-state index contributed by atoms with van der Waals surface area (Å²) in [4.78, 5) is 6.31. The molecular weight excluding hydrogens is 170 g/mol. The first kappa shape index (κ1) is 8.65. The molecule has 1 aromatic heterocycles. The van der Waals surface area contributed by atoms with Crippen LogP contribution in [0.15, 0.2) is 10.9 Å². The van der Waals surface area contributed by atoms with E-state index in [0.717, 1.165) is 26.3 Å². The fraction of sp³-hybridized carbons (Fsp3) is 0.750. The van der Waals surface area contributed by atoms with Crippen LogP contribution < -0.4 is 0 Å². The van der Waals surface area contributed by atoms with Gasteiger partial charge in [-0.25, -0.2) is 0 Å². The first-order valence-electron chi connectivity index (χ1n) is 4.46. The molecule has 5 heteroatoms. The Kier molecular flexibility index (Phi) is 2.56. The van der Waals surface area contributed by atoms with Crippen LogP contribution >= 0.6 is 0 Å². The third-order valence-corrected chi connectivity index (χ3v) is 2.33. The number of ether oxygens (including phenoxy) is 1. The summed E-state index contributed by atoms with van der Waals surface area (Å²) in [6.45, 7) is 5.52. The van der Waals surface area contributed by atoms with Gasteiger partial charge in [0, 0.05) is 13.1 Å². The van der Waals surface area contributed by atoms with Gasteiger partial charge in [-0.3, -0.25) is 4.90 Å². The number of rotatable bonds is 2. The molecule has 1 aliphatic rings. The summed E-state index contributed by atoms with van der Waals surface area (Å²) in [5, 5.41) is 3.59. The second-order valence-corrected chi connectivity index (χ2v) is 3.10. The minimum Gasteiger partial charge on any atom is -0.379 e. The summed E-state index contributed by atoms with van der Waals surface area (Å²) >= 11 is 0. The average molecular weight is 183 g/mol. The Hall–Kier alpha value is -0.940. The van der Waals surface area contributed by atoms with Gasteiger partial charge < -0.3 is 9.26 Å². The molecular formula is C8H13N3O2. The van der Waals surface area contributed by atoms with Crippen LogP contribution in [0.2, 0.25) is 0 Å². The highest BCUT2D eigenvalue weighted by atomic mass is 16.5. The quantitative estimate of drug-likeness (QED) is 0.666. The number of morpholine rings is 1. The summed E-state index contributed by atoms with van der Waals surface area (Å²) in [5.41, 5.74) is 0. The zero-order chi connectivity index (χ0) is 9.10. The van der Waals surface area contributed by atoms with Crippen LogP contribution in [0.4, 0.5) is 0 Å². The Morgan fingerprint density at radius 2 is 2.23 bits per heavy atom. The molecule has 1 saturated heterocycles. The van der Waals surface area contributed by atoms with Gasteiger partial charge in [-0.2, -0.15) is 4.98 Å². The average Bonchev–Trinajstić information content (AvgIpc) is 2.71. The second-order valence-electron chi connectivity index (χ2n) is 3.10. The summed E-state index contributed by atoms with van der Waals surface area (Å²) in [6, 6.07) is 0.200. The zero-order valence-electron chi connectivity index (χ0n) is 7.64. The minimum absolute atomic E-state index is 0.200. The van der Waals surface area contributed by atoms with E-state index < -0.39 is 0 Å². The lowest BCUT2D eigenvalue weighted by atomic mass is 10.2. The van der Waals surface area contributed by atoms with Crippen LogP contribution in [0.3, 0.4) is 0 Å². The van der Waals surface area contributed by atoms with Gasteiger partial charge in [0.15, 0.2) is 6.33 Å². The molecule has 0 spiro atoms. The summed E-state index contributed by atoms with van der Waals surface area (Å²) in [6.07, 6.45) is 1.44. The number of hydrogen-bond donors (Lipinski definition) is 0. The number of hydrogen-bond acceptors (Lipinski definition) is 5. The predicted molar refractivity (Wildman–Crippen MR) is 45.1 cm³/mol. The maximum atomic E-state index is 5.26. The molecule has 5 nitrogen and oxygen atoms in total. The standard InChI is InChI=1S/C8H13N3O2/c1-7(8-9-6-10-13-8)11-2-4-12-5-3-11/h6-7H,2-5H2,1H3. The third kappa shape index (κ3) is 1.87. The Morgan fingerprint density at radius 3 is 2.85 bits per heavy atom. The molecule has 2 rings (SSSR count). The minimum atomic E-state index is 0.200. The monoisotopic (exact) mass is 183 g/mol. The molecule has 0 bridgehead atoms. The molecule has 0 aromatic carbocycles. The van der Waals surface area contributed by atoms with Crippen molar-refractivity contribution in [2.45, 2.75) is 13.0 Å². The Balaban J connectivity index is 1.99. The third-order valence-electron chi connectivity index (χ3n) is 2.33. The molecule has 0 radical (unpaired) electrons. The molecule has 2 heterocycles. The molecule has 1 fully saturated rings.